The monoisotopic (exact) mass is 280 g/mol. The fourth-order valence-corrected chi connectivity index (χ4v) is 4.27. The summed E-state index contributed by atoms with van der Waals surface area (Å²) in [5, 5.41) is 7.34. The molecule has 2 atom stereocenters. The van der Waals surface area contributed by atoms with Crippen LogP contribution in [-0.2, 0) is 0 Å². The second-order valence-corrected chi connectivity index (χ2v) is 7.01. The molecule has 3 aliphatic rings. The number of piperidine rings is 2. The van der Waals surface area contributed by atoms with Gasteiger partial charge in [-0.25, -0.2) is 0 Å². The Bertz CT molecular complexity index is 282. The highest BCUT2D eigenvalue weighted by Gasteiger charge is 2.29. The van der Waals surface area contributed by atoms with Crippen molar-refractivity contribution in [3.8, 4) is 0 Å². The Hall–Kier alpha value is -0.160. The van der Waals surface area contributed by atoms with E-state index in [1.165, 1.54) is 77.5 Å². The Morgan fingerprint density at radius 2 is 1.60 bits per heavy atom. The molecule has 0 bridgehead atoms. The molecule has 1 saturated carbocycles. The minimum absolute atomic E-state index is 0.395. The van der Waals surface area contributed by atoms with E-state index in [2.05, 4.69) is 15.5 Å². The lowest BCUT2D eigenvalue weighted by Crippen LogP contribution is -2.55. The van der Waals surface area contributed by atoms with Crippen molar-refractivity contribution in [1.29, 1.82) is 0 Å². The van der Waals surface area contributed by atoms with Crippen molar-refractivity contribution >= 4 is 0 Å². The molecule has 0 amide bonds. The minimum Gasteiger partial charge on any atom is -0.326 e. The molecule has 2 aliphatic heterocycles. The third-order valence-electron chi connectivity index (χ3n) is 5.62. The van der Waals surface area contributed by atoms with Gasteiger partial charge in [-0.2, -0.15) is 0 Å². The molecule has 0 aromatic heterocycles. The quantitative estimate of drug-likeness (QED) is 0.724. The molecular formula is C16H32N4. The van der Waals surface area contributed by atoms with E-state index in [4.69, 9.17) is 5.73 Å². The van der Waals surface area contributed by atoms with Gasteiger partial charge < -0.3 is 21.3 Å². The largest absolute Gasteiger partial charge is 0.326 e. The molecule has 0 unspecified atom stereocenters. The second kappa shape index (κ2) is 7.21. The first-order chi connectivity index (χ1) is 9.83. The van der Waals surface area contributed by atoms with Gasteiger partial charge in [0.25, 0.3) is 0 Å². The first-order valence-electron chi connectivity index (χ1n) is 8.79. The van der Waals surface area contributed by atoms with Gasteiger partial charge in [0.15, 0.2) is 0 Å². The maximum atomic E-state index is 6.26. The van der Waals surface area contributed by atoms with Crippen LogP contribution in [-0.4, -0.2) is 55.2 Å². The summed E-state index contributed by atoms with van der Waals surface area (Å²) in [6.07, 6.45) is 10.5. The average molecular weight is 280 g/mol. The summed E-state index contributed by atoms with van der Waals surface area (Å²) in [6, 6.07) is 2.53. The molecule has 116 valence electrons. The first kappa shape index (κ1) is 14.8. The van der Waals surface area contributed by atoms with Crippen molar-refractivity contribution in [2.24, 2.45) is 5.73 Å². The molecule has 0 spiro atoms. The molecule has 0 aromatic carbocycles. The molecule has 0 aromatic rings. The molecule has 3 rings (SSSR count). The van der Waals surface area contributed by atoms with Crippen LogP contribution in [0.4, 0.5) is 0 Å². The third-order valence-corrected chi connectivity index (χ3v) is 5.62. The van der Waals surface area contributed by atoms with Crippen LogP contribution < -0.4 is 16.4 Å². The Morgan fingerprint density at radius 1 is 0.900 bits per heavy atom. The first-order valence-corrected chi connectivity index (χ1v) is 8.79. The number of rotatable bonds is 3. The Kier molecular flexibility index (Phi) is 5.32. The highest BCUT2D eigenvalue weighted by molar-refractivity contribution is 4.89. The van der Waals surface area contributed by atoms with E-state index >= 15 is 0 Å². The summed E-state index contributed by atoms with van der Waals surface area (Å²) in [4.78, 5) is 2.74. The van der Waals surface area contributed by atoms with Crippen molar-refractivity contribution in [1.82, 2.24) is 15.5 Å². The summed E-state index contributed by atoms with van der Waals surface area (Å²) >= 11 is 0. The van der Waals surface area contributed by atoms with Crippen molar-refractivity contribution in [2.75, 3.05) is 26.2 Å². The van der Waals surface area contributed by atoms with Crippen LogP contribution >= 0.6 is 0 Å². The molecule has 2 heterocycles. The molecule has 3 fully saturated rings. The SMILES string of the molecule is N[C@@H]1CCCC[C@H]1NC1CCN(C2CCNCC2)CC1. The summed E-state index contributed by atoms with van der Waals surface area (Å²) in [5.41, 5.74) is 6.26. The maximum absolute atomic E-state index is 6.26. The Morgan fingerprint density at radius 3 is 2.30 bits per heavy atom. The number of likely N-dealkylation sites (tertiary alicyclic amines) is 1. The summed E-state index contributed by atoms with van der Waals surface area (Å²) in [6.45, 7) is 4.98. The molecule has 0 radical (unpaired) electrons. The maximum Gasteiger partial charge on any atom is 0.0221 e. The van der Waals surface area contributed by atoms with Crippen LogP contribution in [0.25, 0.3) is 0 Å². The lowest BCUT2D eigenvalue weighted by molar-refractivity contribution is 0.114. The van der Waals surface area contributed by atoms with Crippen LogP contribution in [0.15, 0.2) is 0 Å². The van der Waals surface area contributed by atoms with Crippen LogP contribution in [0.3, 0.4) is 0 Å². The number of nitrogens with zero attached hydrogens (tertiary/aromatic N) is 1. The van der Waals surface area contributed by atoms with Gasteiger partial charge in [0, 0.05) is 24.2 Å². The van der Waals surface area contributed by atoms with Gasteiger partial charge in [0.05, 0.1) is 0 Å². The standard InChI is InChI=1S/C16H32N4/c17-15-3-1-2-4-16(15)19-13-7-11-20(12-8-13)14-5-9-18-10-6-14/h13-16,18-19H,1-12,17H2/t15-,16-/m1/s1. The summed E-state index contributed by atoms with van der Waals surface area (Å²) < 4.78 is 0. The Labute approximate surface area is 123 Å². The van der Waals surface area contributed by atoms with Crippen LogP contribution in [0, 0.1) is 0 Å². The van der Waals surface area contributed by atoms with Crippen LogP contribution in [0.5, 0.6) is 0 Å². The van der Waals surface area contributed by atoms with Crippen molar-refractivity contribution in [2.45, 2.75) is 75.5 Å². The van der Waals surface area contributed by atoms with Crippen molar-refractivity contribution in [3.05, 3.63) is 0 Å². The van der Waals surface area contributed by atoms with E-state index in [-0.39, 0.29) is 0 Å². The fourth-order valence-electron chi connectivity index (χ4n) is 4.27. The van der Waals surface area contributed by atoms with Crippen LogP contribution in [0.1, 0.15) is 51.4 Å². The number of nitrogens with two attached hydrogens (primary N) is 1. The topological polar surface area (TPSA) is 53.3 Å². The highest BCUT2D eigenvalue weighted by atomic mass is 15.2. The van der Waals surface area contributed by atoms with Gasteiger partial charge in [0.1, 0.15) is 0 Å². The van der Waals surface area contributed by atoms with E-state index in [0.29, 0.717) is 18.1 Å². The summed E-state index contributed by atoms with van der Waals surface area (Å²) in [5.74, 6) is 0. The number of hydrogen-bond acceptors (Lipinski definition) is 4. The van der Waals surface area contributed by atoms with E-state index in [0.717, 1.165) is 6.04 Å². The van der Waals surface area contributed by atoms with Crippen molar-refractivity contribution < 1.29 is 0 Å². The van der Waals surface area contributed by atoms with E-state index in [9.17, 15) is 0 Å². The zero-order valence-corrected chi connectivity index (χ0v) is 12.8. The van der Waals surface area contributed by atoms with Gasteiger partial charge in [-0.05, 0) is 64.7 Å². The molecule has 1 aliphatic carbocycles. The minimum atomic E-state index is 0.395. The third kappa shape index (κ3) is 3.73. The Balaban J connectivity index is 1.41. The van der Waals surface area contributed by atoms with E-state index in [1.807, 2.05) is 0 Å². The van der Waals surface area contributed by atoms with Gasteiger partial charge in [0.2, 0.25) is 0 Å². The highest BCUT2D eigenvalue weighted by Crippen LogP contribution is 2.22. The van der Waals surface area contributed by atoms with E-state index in [1.54, 1.807) is 0 Å². The van der Waals surface area contributed by atoms with Gasteiger partial charge in [-0.3, -0.25) is 0 Å². The lowest BCUT2D eigenvalue weighted by atomic mass is 9.89. The smallest absolute Gasteiger partial charge is 0.0221 e. The van der Waals surface area contributed by atoms with Crippen molar-refractivity contribution in [3.63, 3.8) is 0 Å². The predicted molar refractivity (Wildman–Crippen MR) is 83.9 cm³/mol. The second-order valence-electron chi connectivity index (χ2n) is 7.01. The van der Waals surface area contributed by atoms with Gasteiger partial charge in [-0.15, -0.1) is 0 Å². The molecular weight excluding hydrogens is 248 g/mol. The lowest BCUT2D eigenvalue weighted by Gasteiger charge is -2.41. The zero-order chi connectivity index (χ0) is 13.8. The van der Waals surface area contributed by atoms with Gasteiger partial charge in [-0.1, -0.05) is 12.8 Å². The predicted octanol–water partition coefficient (Wildman–Crippen LogP) is 1.06. The number of hydrogen-bond donors (Lipinski definition) is 3. The normalized spacial score (nSPS) is 35.2. The average Bonchev–Trinajstić information content (AvgIpc) is 2.51. The number of nitrogens with one attached hydrogen (secondary N) is 2. The van der Waals surface area contributed by atoms with Crippen LogP contribution in [0.2, 0.25) is 0 Å². The van der Waals surface area contributed by atoms with E-state index < -0.39 is 0 Å². The molecule has 2 saturated heterocycles. The molecule has 4 heteroatoms. The van der Waals surface area contributed by atoms with Gasteiger partial charge >= 0.3 is 0 Å². The molecule has 4 nitrogen and oxygen atoms in total. The summed E-state index contributed by atoms with van der Waals surface area (Å²) in [7, 11) is 0. The molecule has 20 heavy (non-hydrogen) atoms. The zero-order valence-electron chi connectivity index (χ0n) is 12.8. The molecule has 4 N–H and O–H groups in total. The fraction of sp³-hybridized carbons (Fsp3) is 1.00.